The van der Waals surface area contributed by atoms with Crippen molar-refractivity contribution in [3.05, 3.63) is 42.0 Å². The quantitative estimate of drug-likeness (QED) is 0.762. The standard InChI is InChI=1S/C21H27N3O4/c1-2-16(22-20(26)18-9-5-6-13-24(18)21(27)28)10-11-19(25)23-14-12-15-7-3-4-8-17(15)23/h3-4,7-8,10-11,16,18H,2,5-6,9,12-14H2,1H3,(H,22,26)(H,27,28)/b11-10+/t16-,18-/m0/s1. The number of anilines is 1. The van der Waals surface area contributed by atoms with Gasteiger partial charge in [-0.3, -0.25) is 14.5 Å². The van der Waals surface area contributed by atoms with Crippen molar-refractivity contribution in [3.63, 3.8) is 0 Å². The number of carbonyl (C=O) groups is 3. The summed E-state index contributed by atoms with van der Waals surface area (Å²) in [7, 11) is 0. The smallest absolute Gasteiger partial charge is 0.407 e. The van der Waals surface area contributed by atoms with Gasteiger partial charge in [0.1, 0.15) is 6.04 Å². The van der Waals surface area contributed by atoms with Gasteiger partial charge in [-0.1, -0.05) is 31.2 Å². The molecule has 0 aliphatic carbocycles. The summed E-state index contributed by atoms with van der Waals surface area (Å²) in [6.45, 7) is 2.95. The second kappa shape index (κ2) is 8.91. The molecule has 150 valence electrons. The van der Waals surface area contributed by atoms with E-state index < -0.39 is 12.1 Å². The molecule has 1 aromatic carbocycles. The third-order valence-electron chi connectivity index (χ3n) is 5.44. The lowest BCUT2D eigenvalue weighted by atomic mass is 10.0. The van der Waals surface area contributed by atoms with Gasteiger partial charge in [0.15, 0.2) is 0 Å². The number of piperidine rings is 1. The van der Waals surface area contributed by atoms with E-state index in [1.807, 2.05) is 31.2 Å². The monoisotopic (exact) mass is 385 g/mol. The average molecular weight is 385 g/mol. The molecule has 7 heteroatoms. The molecule has 2 aliphatic rings. The molecule has 2 aliphatic heterocycles. The number of fused-ring (bicyclic) bond motifs is 1. The Morgan fingerprint density at radius 3 is 2.79 bits per heavy atom. The number of carbonyl (C=O) groups excluding carboxylic acids is 2. The van der Waals surface area contributed by atoms with Gasteiger partial charge in [-0.15, -0.1) is 0 Å². The van der Waals surface area contributed by atoms with Crippen LogP contribution >= 0.6 is 0 Å². The summed E-state index contributed by atoms with van der Waals surface area (Å²) >= 11 is 0. The molecule has 2 heterocycles. The van der Waals surface area contributed by atoms with Crippen LogP contribution in [0.15, 0.2) is 36.4 Å². The van der Waals surface area contributed by atoms with Crippen molar-refractivity contribution in [2.75, 3.05) is 18.0 Å². The van der Waals surface area contributed by atoms with Crippen molar-refractivity contribution < 1.29 is 19.5 Å². The highest BCUT2D eigenvalue weighted by atomic mass is 16.4. The van der Waals surface area contributed by atoms with Crippen molar-refractivity contribution >= 4 is 23.6 Å². The lowest BCUT2D eigenvalue weighted by Crippen LogP contribution is -2.53. The van der Waals surface area contributed by atoms with Gasteiger partial charge in [0.05, 0.1) is 0 Å². The normalized spacial score (nSPS) is 20.1. The Morgan fingerprint density at radius 1 is 1.25 bits per heavy atom. The van der Waals surface area contributed by atoms with Crippen molar-refractivity contribution in [1.82, 2.24) is 10.2 Å². The number of rotatable bonds is 5. The largest absolute Gasteiger partial charge is 0.465 e. The maximum Gasteiger partial charge on any atom is 0.407 e. The molecule has 3 amide bonds. The van der Waals surface area contributed by atoms with Gasteiger partial charge in [0.2, 0.25) is 5.91 Å². The Labute approximate surface area is 165 Å². The molecule has 7 nitrogen and oxygen atoms in total. The van der Waals surface area contributed by atoms with Crippen LogP contribution in [0.5, 0.6) is 0 Å². The Kier molecular flexibility index (Phi) is 6.34. The van der Waals surface area contributed by atoms with Gasteiger partial charge in [0, 0.05) is 30.9 Å². The molecule has 1 saturated heterocycles. The van der Waals surface area contributed by atoms with Crippen LogP contribution in [0.1, 0.15) is 38.2 Å². The Bertz CT molecular complexity index is 777. The van der Waals surface area contributed by atoms with Gasteiger partial charge in [-0.2, -0.15) is 0 Å². The second-order valence-corrected chi connectivity index (χ2v) is 7.24. The number of hydrogen-bond acceptors (Lipinski definition) is 3. The molecule has 2 atom stereocenters. The number of nitrogens with one attached hydrogen (secondary N) is 1. The van der Waals surface area contributed by atoms with Crippen LogP contribution in [-0.4, -0.2) is 53.1 Å². The highest BCUT2D eigenvalue weighted by Gasteiger charge is 2.32. The van der Waals surface area contributed by atoms with E-state index in [9.17, 15) is 19.5 Å². The molecular formula is C21H27N3O4. The number of hydrogen-bond donors (Lipinski definition) is 2. The minimum atomic E-state index is -1.06. The first-order chi connectivity index (χ1) is 13.5. The molecule has 0 aromatic heterocycles. The van der Waals surface area contributed by atoms with Gasteiger partial charge in [-0.05, 0) is 43.7 Å². The van der Waals surface area contributed by atoms with Crippen LogP contribution in [0, 0.1) is 0 Å². The Hall–Kier alpha value is -2.83. The molecule has 0 saturated carbocycles. The van der Waals surface area contributed by atoms with E-state index in [4.69, 9.17) is 0 Å². The van der Waals surface area contributed by atoms with Crippen LogP contribution in [0.4, 0.5) is 10.5 Å². The first-order valence-corrected chi connectivity index (χ1v) is 9.88. The van der Waals surface area contributed by atoms with Crippen molar-refractivity contribution in [1.29, 1.82) is 0 Å². The molecule has 1 fully saturated rings. The molecule has 0 unspecified atom stereocenters. The lowest BCUT2D eigenvalue weighted by molar-refractivity contribution is -0.127. The minimum absolute atomic E-state index is 0.109. The van der Waals surface area contributed by atoms with Gasteiger partial charge in [0.25, 0.3) is 5.91 Å². The average Bonchev–Trinajstić information content (AvgIpc) is 3.15. The Morgan fingerprint density at radius 2 is 2.04 bits per heavy atom. The molecule has 0 spiro atoms. The van der Waals surface area contributed by atoms with Crippen LogP contribution in [-0.2, 0) is 16.0 Å². The summed E-state index contributed by atoms with van der Waals surface area (Å²) in [5, 5.41) is 12.2. The summed E-state index contributed by atoms with van der Waals surface area (Å²) in [5.41, 5.74) is 2.10. The van der Waals surface area contributed by atoms with Crippen LogP contribution in [0.25, 0.3) is 0 Å². The van der Waals surface area contributed by atoms with Crippen LogP contribution < -0.4 is 10.2 Å². The number of nitrogens with zero attached hydrogens (tertiary/aromatic N) is 2. The maximum absolute atomic E-state index is 12.6. The maximum atomic E-state index is 12.6. The zero-order valence-corrected chi connectivity index (χ0v) is 16.1. The first-order valence-electron chi connectivity index (χ1n) is 9.88. The van der Waals surface area contributed by atoms with Gasteiger partial charge >= 0.3 is 6.09 Å². The van der Waals surface area contributed by atoms with Crippen LogP contribution in [0.2, 0.25) is 0 Å². The third-order valence-corrected chi connectivity index (χ3v) is 5.44. The summed E-state index contributed by atoms with van der Waals surface area (Å²) in [6, 6.07) is 6.89. The van der Waals surface area contributed by atoms with E-state index in [0.717, 1.165) is 30.5 Å². The zero-order chi connectivity index (χ0) is 20.1. The molecule has 0 radical (unpaired) electrons. The number of amides is 3. The fraction of sp³-hybridized carbons (Fsp3) is 0.476. The number of likely N-dealkylation sites (tertiary alicyclic amines) is 1. The fourth-order valence-corrected chi connectivity index (χ4v) is 3.85. The van der Waals surface area contributed by atoms with Crippen molar-refractivity contribution in [3.8, 4) is 0 Å². The molecule has 2 N–H and O–H groups in total. The second-order valence-electron chi connectivity index (χ2n) is 7.24. The van der Waals surface area contributed by atoms with E-state index >= 15 is 0 Å². The Balaban J connectivity index is 1.61. The summed E-state index contributed by atoms with van der Waals surface area (Å²) in [4.78, 5) is 39.5. The van der Waals surface area contributed by atoms with E-state index in [1.54, 1.807) is 11.0 Å². The van der Waals surface area contributed by atoms with E-state index in [0.29, 0.717) is 25.9 Å². The van der Waals surface area contributed by atoms with Gasteiger partial charge in [-0.25, -0.2) is 4.79 Å². The van der Waals surface area contributed by atoms with Crippen LogP contribution in [0.3, 0.4) is 0 Å². The van der Waals surface area contributed by atoms with E-state index in [1.165, 1.54) is 11.0 Å². The molecule has 0 bridgehead atoms. The lowest BCUT2D eigenvalue weighted by Gasteiger charge is -2.33. The summed E-state index contributed by atoms with van der Waals surface area (Å²) < 4.78 is 0. The molecule has 3 rings (SSSR count). The number of para-hydroxylation sites is 1. The predicted molar refractivity (Wildman–Crippen MR) is 106 cm³/mol. The van der Waals surface area contributed by atoms with E-state index in [-0.39, 0.29) is 17.9 Å². The summed E-state index contributed by atoms with van der Waals surface area (Å²) in [5.74, 6) is -0.403. The molecule has 28 heavy (non-hydrogen) atoms. The highest BCUT2D eigenvalue weighted by Crippen LogP contribution is 2.27. The minimum Gasteiger partial charge on any atom is -0.465 e. The topological polar surface area (TPSA) is 90.0 Å². The van der Waals surface area contributed by atoms with Gasteiger partial charge < -0.3 is 15.3 Å². The molecular weight excluding hydrogens is 358 g/mol. The zero-order valence-electron chi connectivity index (χ0n) is 16.1. The first kappa shape index (κ1) is 19.9. The number of carboxylic acid groups (broad SMARTS) is 1. The fourth-order valence-electron chi connectivity index (χ4n) is 3.85. The summed E-state index contributed by atoms with van der Waals surface area (Å²) in [6.07, 6.45) is 5.75. The van der Waals surface area contributed by atoms with Crippen molar-refractivity contribution in [2.24, 2.45) is 0 Å². The SMILES string of the molecule is CC[C@@H](/C=C/C(=O)N1CCc2ccccc21)NC(=O)[C@@H]1CCCCN1C(=O)O. The van der Waals surface area contributed by atoms with E-state index in [2.05, 4.69) is 5.32 Å². The number of benzene rings is 1. The predicted octanol–water partition coefficient (Wildman–Crippen LogP) is 2.56. The van der Waals surface area contributed by atoms with Crippen molar-refractivity contribution in [2.45, 2.75) is 51.1 Å². The third kappa shape index (κ3) is 4.35. The molecule has 1 aromatic rings. The highest BCUT2D eigenvalue weighted by molar-refractivity contribution is 6.03.